The Balaban J connectivity index is 1.27. The molecule has 2 fully saturated rings. The number of amides is 2. The number of benzene rings is 1. The Bertz CT molecular complexity index is 782. The minimum absolute atomic E-state index is 0.0670. The van der Waals surface area contributed by atoms with Gasteiger partial charge in [-0.25, -0.2) is 0 Å². The van der Waals surface area contributed by atoms with Gasteiger partial charge in [0.2, 0.25) is 11.8 Å². The molecule has 2 aromatic rings. The largest absolute Gasteiger partial charge is 0.343 e. The zero-order chi connectivity index (χ0) is 19.3. The first kappa shape index (κ1) is 19.2. The van der Waals surface area contributed by atoms with Gasteiger partial charge in [0.1, 0.15) is 0 Å². The predicted molar refractivity (Wildman–Crippen MR) is 112 cm³/mol. The highest BCUT2D eigenvalue weighted by molar-refractivity contribution is 7.08. The van der Waals surface area contributed by atoms with Gasteiger partial charge in [-0.15, -0.1) is 0 Å². The van der Waals surface area contributed by atoms with Gasteiger partial charge in [-0.1, -0.05) is 30.3 Å². The molecule has 1 aromatic heterocycles. The van der Waals surface area contributed by atoms with Crippen molar-refractivity contribution in [1.29, 1.82) is 0 Å². The van der Waals surface area contributed by atoms with Gasteiger partial charge in [0.05, 0.1) is 6.04 Å². The molecule has 0 bridgehead atoms. The summed E-state index contributed by atoms with van der Waals surface area (Å²) >= 11 is 1.70. The van der Waals surface area contributed by atoms with Crippen LogP contribution in [0, 0.1) is 5.92 Å². The van der Waals surface area contributed by atoms with Gasteiger partial charge >= 0.3 is 0 Å². The standard InChI is InChI=1S/C23H28N2O2S/c26-22(9-8-18-5-2-1-3-6-18)24-14-10-19(11-15-24)23(27)25-13-4-7-21(25)20-12-16-28-17-20/h1-3,5-6,12,16-17,19,21H,4,7-11,13-15H2/t21-/m0/s1. The van der Waals surface area contributed by atoms with Crippen molar-refractivity contribution in [1.82, 2.24) is 9.80 Å². The van der Waals surface area contributed by atoms with E-state index in [0.29, 0.717) is 25.4 Å². The van der Waals surface area contributed by atoms with Crippen LogP contribution in [0.3, 0.4) is 0 Å². The molecule has 3 heterocycles. The second-order valence-corrected chi connectivity index (χ2v) is 8.67. The number of hydrogen-bond acceptors (Lipinski definition) is 3. The molecule has 2 saturated heterocycles. The van der Waals surface area contributed by atoms with Crippen molar-refractivity contribution < 1.29 is 9.59 Å². The summed E-state index contributed by atoms with van der Waals surface area (Å²) in [5, 5.41) is 4.26. The number of piperidine rings is 1. The predicted octanol–water partition coefficient (Wildman–Crippen LogP) is 4.28. The summed E-state index contributed by atoms with van der Waals surface area (Å²) in [7, 11) is 0. The van der Waals surface area contributed by atoms with Gasteiger partial charge in [-0.3, -0.25) is 9.59 Å². The Hall–Kier alpha value is -2.14. The quantitative estimate of drug-likeness (QED) is 0.757. The fraction of sp³-hybridized carbons (Fsp3) is 0.478. The van der Waals surface area contributed by atoms with E-state index < -0.39 is 0 Å². The van der Waals surface area contributed by atoms with Gasteiger partial charge in [0, 0.05) is 32.0 Å². The minimum Gasteiger partial charge on any atom is -0.343 e. The number of hydrogen-bond donors (Lipinski definition) is 0. The van der Waals surface area contributed by atoms with Crippen molar-refractivity contribution in [3.63, 3.8) is 0 Å². The fourth-order valence-electron chi connectivity index (χ4n) is 4.51. The zero-order valence-electron chi connectivity index (χ0n) is 16.3. The Kier molecular flexibility index (Phi) is 6.10. The molecule has 28 heavy (non-hydrogen) atoms. The Morgan fingerprint density at radius 2 is 1.79 bits per heavy atom. The summed E-state index contributed by atoms with van der Waals surface area (Å²) < 4.78 is 0. The van der Waals surface area contributed by atoms with Crippen molar-refractivity contribution in [2.75, 3.05) is 19.6 Å². The fourth-order valence-corrected chi connectivity index (χ4v) is 5.21. The maximum Gasteiger partial charge on any atom is 0.226 e. The van der Waals surface area contributed by atoms with Gasteiger partial charge in [-0.05, 0) is 60.1 Å². The van der Waals surface area contributed by atoms with Crippen LogP contribution < -0.4 is 0 Å². The van der Waals surface area contributed by atoms with Crippen molar-refractivity contribution in [2.24, 2.45) is 5.92 Å². The van der Waals surface area contributed by atoms with Gasteiger partial charge in [0.15, 0.2) is 0 Å². The molecule has 2 amide bonds. The van der Waals surface area contributed by atoms with Crippen LogP contribution in [0.1, 0.15) is 49.3 Å². The third kappa shape index (κ3) is 4.30. The van der Waals surface area contributed by atoms with Crippen molar-refractivity contribution >= 4 is 23.2 Å². The Labute approximate surface area is 171 Å². The molecule has 148 valence electrons. The third-order valence-corrected chi connectivity index (χ3v) is 6.83. The van der Waals surface area contributed by atoms with Crippen LogP contribution in [0.15, 0.2) is 47.2 Å². The van der Waals surface area contributed by atoms with E-state index in [0.717, 1.165) is 38.6 Å². The molecular weight excluding hydrogens is 368 g/mol. The van der Waals surface area contributed by atoms with Crippen LogP contribution in [0.2, 0.25) is 0 Å². The van der Waals surface area contributed by atoms with E-state index in [1.54, 1.807) is 11.3 Å². The molecule has 4 rings (SSSR count). The monoisotopic (exact) mass is 396 g/mol. The van der Waals surface area contributed by atoms with Crippen LogP contribution >= 0.6 is 11.3 Å². The summed E-state index contributed by atoms with van der Waals surface area (Å²) in [5.41, 5.74) is 2.48. The number of nitrogens with zero attached hydrogens (tertiary/aromatic N) is 2. The lowest BCUT2D eigenvalue weighted by Crippen LogP contribution is -2.44. The smallest absolute Gasteiger partial charge is 0.226 e. The van der Waals surface area contributed by atoms with Crippen LogP contribution in [0.4, 0.5) is 0 Å². The van der Waals surface area contributed by atoms with Crippen molar-refractivity contribution in [2.45, 2.75) is 44.6 Å². The lowest BCUT2D eigenvalue weighted by atomic mass is 9.94. The van der Waals surface area contributed by atoms with Crippen molar-refractivity contribution in [3.8, 4) is 0 Å². The third-order valence-electron chi connectivity index (χ3n) is 6.13. The van der Waals surface area contributed by atoms with Crippen LogP contribution in [0.25, 0.3) is 0 Å². The Morgan fingerprint density at radius 1 is 1.00 bits per heavy atom. The molecule has 0 aliphatic carbocycles. The topological polar surface area (TPSA) is 40.6 Å². The summed E-state index contributed by atoms with van der Waals surface area (Å²) in [6.07, 6.45) is 5.08. The molecule has 0 spiro atoms. The van der Waals surface area contributed by atoms with E-state index in [1.165, 1.54) is 11.1 Å². The van der Waals surface area contributed by atoms with Crippen LogP contribution in [0.5, 0.6) is 0 Å². The highest BCUT2D eigenvalue weighted by atomic mass is 32.1. The molecule has 0 saturated carbocycles. The second kappa shape index (κ2) is 8.91. The first-order chi connectivity index (χ1) is 13.7. The number of thiophene rings is 1. The van der Waals surface area contributed by atoms with E-state index in [2.05, 4.69) is 33.9 Å². The van der Waals surface area contributed by atoms with E-state index in [1.807, 2.05) is 23.1 Å². The lowest BCUT2D eigenvalue weighted by Gasteiger charge is -2.35. The van der Waals surface area contributed by atoms with Crippen molar-refractivity contribution in [3.05, 3.63) is 58.3 Å². The first-order valence-corrected chi connectivity index (χ1v) is 11.3. The molecule has 5 heteroatoms. The van der Waals surface area contributed by atoms with Gasteiger partial charge in [0.25, 0.3) is 0 Å². The Morgan fingerprint density at radius 3 is 2.50 bits per heavy atom. The SMILES string of the molecule is O=C(CCc1ccccc1)N1CCC(C(=O)N2CCC[C@H]2c2ccsc2)CC1. The molecule has 0 unspecified atom stereocenters. The summed E-state index contributed by atoms with van der Waals surface area (Å²) in [5.74, 6) is 0.578. The molecule has 2 aliphatic heterocycles. The van der Waals surface area contributed by atoms with E-state index in [4.69, 9.17) is 0 Å². The number of aryl methyl sites for hydroxylation is 1. The molecule has 0 radical (unpaired) electrons. The molecule has 0 N–H and O–H groups in total. The summed E-state index contributed by atoms with van der Waals surface area (Å²) in [4.78, 5) is 29.7. The maximum absolute atomic E-state index is 13.1. The van der Waals surface area contributed by atoms with Gasteiger partial charge < -0.3 is 9.80 Å². The average Bonchev–Trinajstić information content (AvgIpc) is 3.44. The van der Waals surface area contributed by atoms with Gasteiger partial charge in [-0.2, -0.15) is 11.3 Å². The van der Waals surface area contributed by atoms with E-state index in [9.17, 15) is 9.59 Å². The molecular formula is C23H28N2O2S. The zero-order valence-corrected chi connectivity index (χ0v) is 17.1. The summed E-state index contributed by atoms with van der Waals surface area (Å²) in [6, 6.07) is 12.6. The maximum atomic E-state index is 13.1. The number of likely N-dealkylation sites (tertiary alicyclic amines) is 2. The van der Waals surface area contributed by atoms with Crippen LogP contribution in [-0.4, -0.2) is 41.2 Å². The summed E-state index contributed by atoms with van der Waals surface area (Å²) in [6.45, 7) is 2.29. The lowest BCUT2D eigenvalue weighted by molar-refractivity contribution is -0.141. The molecule has 1 aromatic carbocycles. The van der Waals surface area contributed by atoms with Crippen LogP contribution in [-0.2, 0) is 16.0 Å². The molecule has 4 nitrogen and oxygen atoms in total. The normalized spacial score (nSPS) is 20.5. The number of rotatable bonds is 5. The average molecular weight is 397 g/mol. The number of carbonyl (C=O) groups is 2. The minimum atomic E-state index is 0.0670. The second-order valence-electron chi connectivity index (χ2n) is 7.89. The van der Waals surface area contributed by atoms with E-state index in [-0.39, 0.29) is 17.9 Å². The number of carbonyl (C=O) groups excluding carboxylic acids is 2. The highest BCUT2D eigenvalue weighted by Gasteiger charge is 2.36. The van der Waals surface area contributed by atoms with E-state index >= 15 is 0 Å². The first-order valence-electron chi connectivity index (χ1n) is 10.4. The molecule has 1 atom stereocenters. The molecule has 2 aliphatic rings. The highest BCUT2D eigenvalue weighted by Crippen LogP contribution is 2.35.